The van der Waals surface area contributed by atoms with Crippen molar-refractivity contribution < 1.29 is 14.7 Å². The van der Waals surface area contributed by atoms with Crippen LogP contribution in [-0.2, 0) is 11.3 Å². The van der Waals surface area contributed by atoms with Gasteiger partial charge in [0, 0.05) is 6.61 Å². The molecular formula is C11H16N2O3. The molecule has 0 amide bonds. The molecule has 3 N–H and O–H groups in total. The second kappa shape index (κ2) is 5.97. The van der Waals surface area contributed by atoms with Gasteiger partial charge in [-0.2, -0.15) is 0 Å². The molecule has 1 aromatic carbocycles. The maximum absolute atomic E-state index is 8.60. The van der Waals surface area contributed by atoms with Crippen LogP contribution in [0.4, 0.5) is 0 Å². The number of benzene rings is 1. The molecule has 0 atom stereocenters. The second-order valence-electron chi connectivity index (χ2n) is 3.16. The third-order valence-electron chi connectivity index (χ3n) is 2.12. The Morgan fingerprint density at radius 3 is 2.81 bits per heavy atom. The SMILES string of the molecule is CCOCc1ccc(/C(N)=N/O)c(OC)c1. The van der Waals surface area contributed by atoms with Crippen LogP contribution in [0.25, 0.3) is 0 Å². The Hall–Kier alpha value is -1.75. The largest absolute Gasteiger partial charge is 0.496 e. The van der Waals surface area contributed by atoms with Gasteiger partial charge in [-0.05, 0) is 24.6 Å². The molecule has 0 saturated carbocycles. The second-order valence-corrected chi connectivity index (χ2v) is 3.16. The van der Waals surface area contributed by atoms with Crippen LogP contribution < -0.4 is 10.5 Å². The number of rotatable bonds is 5. The maximum Gasteiger partial charge on any atom is 0.173 e. The number of methoxy groups -OCH3 is 1. The van der Waals surface area contributed by atoms with E-state index in [2.05, 4.69) is 5.16 Å². The zero-order valence-corrected chi connectivity index (χ0v) is 9.43. The zero-order valence-electron chi connectivity index (χ0n) is 9.43. The first-order valence-electron chi connectivity index (χ1n) is 4.95. The average Bonchev–Trinajstić information content (AvgIpc) is 2.34. The number of nitrogens with two attached hydrogens (primary N) is 1. The molecule has 0 aliphatic rings. The molecule has 5 nitrogen and oxygen atoms in total. The minimum atomic E-state index is 0.0276. The van der Waals surface area contributed by atoms with E-state index in [1.165, 1.54) is 7.11 Å². The van der Waals surface area contributed by atoms with E-state index in [1.807, 2.05) is 19.1 Å². The van der Waals surface area contributed by atoms with E-state index in [-0.39, 0.29) is 5.84 Å². The Balaban J connectivity index is 2.97. The van der Waals surface area contributed by atoms with Crippen molar-refractivity contribution in [2.45, 2.75) is 13.5 Å². The molecule has 0 fully saturated rings. The Morgan fingerprint density at radius 2 is 2.25 bits per heavy atom. The molecule has 0 heterocycles. The van der Waals surface area contributed by atoms with E-state index >= 15 is 0 Å². The molecule has 0 radical (unpaired) electrons. The van der Waals surface area contributed by atoms with Crippen LogP contribution in [0.15, 0.2) is 23.4 Å². The summed E-state index contributed by atoms with van der Waals surface area (Å²) >= 11 is 0. The predicted molar refractivity (Wildman–Crippen MR) is 60.8 cm³/mol. The molecule has 0 saturated heterocycles. The Bertz CT molecular complexity index is 377. The van der Waals surface area contributed by atoms with Gasteiger partial charge in [-0.1, -0.05) is 11.2 Å². The third-order valence-corrected chi connectivity index (χ3v) is 2.12. The highest BCUT2D eigenvalue weighted by molar-refractivity contribution is 5.99. The first-order chi connectivity index (χ1) is 7.72. The van der Waals surface area contributed by atoms with Crippen LogP contribution in [0.3, 0.4) is 0 Å². The summed E-state index contributed by atoms with van der Waals surface area (Å²) < 4.78 is 10.4. The summed E-state index contributed by atoms with van der Waals surface area (Å²) in [6.07, 6.45) is 0. The number of hydrogen-bond acceptors (Lipinski definition) is 4. The lowest BCUT2D eigenvalue weighted by Gasteiger charge is -2.09. The number of nitrogens with zero attached hydrogens (tertiary/aromatic N) is 1. The maximum atomic E-state index is 8.60. The molecule has 0 bridgehead atoms. The van der Waals surface area contributed by atoms with Crippen molar-refractivity contribution in [3.63, 3.8) is 0 Å². The van der Waals surface area contributed by atoms with E-state index in [0.29, 0.717) is 24.5 Å². The zero-order chi connectivity index (χ0) is 12.0. The van der Waals surface area contributed by atoms with Crippen LogP contribution in [0, 0.1) is 0 Å². The minimum absolute atomic E-state index is 0.0276. The fourth-order valence-corrected chi connectivity index (χ4v) is 1.31. The molecule has 0 unspecified atom stereocenters. The molecule has 5 heteroatoms. The van der Waals surface area contributed by atoms with Crippen LogP contribution in [0.2, 0.25) is 0 Å². The molecule has 16 heavy (non-hydrogen) atoms. The van der Waals surface area contributed by atoms with E-state index in [0.717, 1.165) is 5.56 Å². The summed E-state index contributed by atoms with van der Waals surface area (Å²) in [6, 6.07) is 5.40. The Kier molecular flexibility index (Phi) is 4.60. The van der Waals surface area contributed by atoms with Gasteiger partial charge in [-0.25, -0.2) is 0 Å². The third kappa shape index (κ3) is 2.87. The van der Waals surface area contributed by atoms with E-state index < -0.39 is 0 Å². The number of amidine groups is 1. The van der Waals surface area contributed by atoms with E-state index in [9.17, 15) is 0 Å². The summed E-state index contributed by atoms with van der Waals surface area (Å²) in [4.78, 5) is 0. The average molecular weight is 224 g/mol. The summed E-state index contributed by atoms with van der Waals surface area (Å²) in [7, 11) is 1.54. The normalized spacial score (nSPS) is 11.5. The van der Waals surface area contributed by atoms with Crippen LogP contribution in [0.5, 0.6) is 5.75 Å². The fraction of sp³-hybridized carbons (Fsp3) is 0.364. The molecule has 88 valence electrons. The van der Waals surface area contributed by atoms with Crippen molar-refractivity contribution in [3.05, 3.63) is 29.3 Å². The molecule has 0 spiro atoms. The molecule has 1 rings (SSSR count). The van der Waals surface area contributed by atoms with Gasteiger partial charge < -0.3 is 20.4 Å². The highest BCUT2D eigenvalue weighted by Crippen LogP contribution is 2.20. The summed E-state index contributed by atoms with van der Waals surface area (Å²) in [6.45, 7) is 3.11. The summed E-state index contributed by atoms with van der Waals surface area (Å²) in [5, 5.41) is 11.5. The highest BCUT2D eigenvalue weighted by atomic mass is 16.5. The first-order valence-corrected chi connectivity index (χ1v) is 4.95. The summed E-state index contributed by atoms with van der Waals surface area (Å²) in [5.74, 6) is 0.590. The lowest BCUT2D eigenvalue weighted by Crippen LogP contribution is -2.14. The smallest absolute Gasteiger partial charge is 0.173 e. The van der Waals surface area contributed by atoms with Crippen molar-refractivity contribution in [2.75, 3.05) is 13.7 Å². The van der Waals surface area contributed by atoms with Gasteiger partial charge in [0.2, 0.25) is 0 Å². The molecule has 1 aromatic rings. The van der Waals surface area contributed by atoms with Gasteiger partial charge in [-0.3, -0.25) is 0 Å². The molecule has 0 aliphatic heterocycles. The van der Waals surface area contributed by atoms with E-state index in [1.54, 1.807) is 6.07 Å². The first kappa shape index (κ1) is 12.3. The topological polar surface area (TPSA) is 77.1 Å². The standard InChI is InChI=1S/C11H16N2O3/c1-3-16-7-8-4-5-9(11(12)13-14)10(6-8)15-2/h4-6,14H,3,7H2,1-2H3,(H2,12,13). The summed E-state index contributed by atoms with van der Waals surface area (Å²) in [5.41, 5.74) is 7.05. The monoisotopic (exact) mass is 224 g/mol. The van der Waals surface area contributed by atoms with Crippen LogP contribution >= 0.6 is 0 Å². The number of ether oxygens (including phenoxy) is 2. The molecule has 0 aromatic heterocycles. The minimum Gasteiger partial charge on any atom is -0.496 e. The lowest BCUT2D eigenvalue weighted by molar-refractivity contribution is 0.134. The Labute approximate surface area is 94.5 Å². The quantitative estimate of drug-likeness (QED) is 0.342. The fourth-order valence-electron chi connectivity index (χ4n) is 1.31. The van der Waals surface area contributed by atoms with Gasteiger partial charge in [-0.15, -0.1) is 0 Å². The van der Waals surface area contributed by atoms with Crippen molar-refractivity contribution in [3.8, 4) is 5.75 Å². The van der Waals surface area contributed by atoms with Crippen molar-refractivity contribution in [2.24, 2.45) is 10.9 Å². The van der Waals surface area contributed by atoms with Gasteiger partial charge in [0.05, 0.1) is 19.3 Å². The van der Waals surface area contributed by atoms with Gasteiger partial charge in [0.15, 0.2) is 5.84 Å². The Morgan fingerprint density at radius 1 is 1.50 bits per heavy atom. The highest BCUT2D eigenvalue weighted by Gasteiger charge is 2.08. The van der Waals surface area contributed by atoms with Gasteiger partial charge in [0.25, 0.3) is 0 Å². The van der Waals surface area contributed by atoms with Crippen molar-refractivity contribution >= 4 is 5.84 Å². The number of hydrogen-bond donors (Lipinski definition) is 2. The lowest BCUT2D eigenvalue weighted by atomic mass is 10.1. The van der Waals surface area contributed by atoms with Gasteiger partial charge >= 0.3 is 0 Å². The van der Waals surface area contributed by atoms with Gasteiger partial charge in [0.1, 0.15) is 5.75 Å². The van der Waals surface area contributed by atoms with Crippen LogP contribution in [-0.4, -0.2) is 24.8 Å². The molecule has 0 aliphatic carbocycles. The van der Waals surface area contributed by atoms with Crippen molar-refractivity contribution in [1.29, 1.82) is 0 Å². The number of oxime groups is 1. The van der Waals surface area contributed by atoms with Crippen molar-refractivity contribution in [1.82, 2.24) is 0 Å². The predicted octanol–water partition coefficient (Wildman–Crippen LogP) is 1.33. The van der Waals surface area contributed by atoms with E-state index in [4.69, 9.17) is 20.4 Å². The molecular weight excluding hydrogens is 208 g/mol. The van der Waals surface area contributed by atoms with Crippen LogP contribution in [0.1, 0.15) is 18.1 Å².